The Morgan fingerprint density at radius 3 is 2.35 bits per heavy atom. The van der Waals surface area contributed by atoms with Gasteiger partial charge in [0.15, 0.2) is 0 Å². The van der Waals surface area contributed by atoms with Crippen LogP contribution in [0.25, 0.3) is 0 Å². The minimum Gasteiger partial charge on any atom is -0.390 e. The molecule has 0 radical (unpaired) electrons. The van der Waals surface area contributed by atoms with Gasteiger partial charge in [0.2, 0.25) is 0 Å². The Bertz CT molecular complexity index is 1050. The number of amides is 1. The van der Waals surface area contributed by atoms with Crippen molar-refractivity contribution in [1.29, 1.82) is 0 Å². The number of hydrogen-bond acceptors (Lipinski definition) is 2. The molecular weight excluding hydrogens is 465 g/mol. The second-order valence-corrected chi connectivity index (χ2v) is 10.7. The molecule has 182 valence electrons. The lowest BCUT2D eigenvalue weighted by molar-refractivity contribution is -0.134. The third kappa shape index (κ3) is 5.94. The third-order valence-corrected chi connectivity index (χ3v) is 7.26. The fraction of sp³-hybridized carbons (Fsp3) is 0.414. The number of rotatable bonds is 9. The molecule has 0 aromatic heterocycles. The SMILES string of the molecule is C=CCC1=C(C)[C@H](c2cccc(Cl)c2)[C@@H](c2ccc(Cl)cc2)N([C@@H](CC)CCC(C)(C)O)C1=O. The van der Waals surface area contributed by atoms with Crippen molar-refractivity contribution >= 4 is 29.1 Å². The van der Waals surface area contributed by atoms with Gasteiger partial charge in [0, 0.05) is 27.6 Å². The van der Waals surface area contributed by atoms with Gasteiger partial charge in [-0.25, -0.2) is 0 Å². The van der Waals surface area contributed by atoms with E-state index in [4.69, 9.17) is 23.2 Å². The van der Waals surface area contributed by atoms with Crippen LogP contribution in [-0.2, 0) is 4.79 Å². The second-order valence-electron chi connectivity index (χ2n) is 9.81. The van der Waals surface area contributed by atoms with Gasteiger partial charge >= 0.3 is 0 Å². The molecule has 0 aliphatic carbocycles. The first-order valence-electron chi connectivity index (χ1n) is 11.9. The van der Waals surface area contributed by atoms with Gasteiger partial charge in [-0.15, -0.1) is 6.58 Å². The van der Waals surface area contributed by atoms with Crippen LogP contribution in [0.3, 0.4) is 0 Å². The lowest BCUT2D eigenvalue weighted by Gasteiger charge is -2.47. The minimum absolute atomic E-state index is 0.0331. The van der Waals surface area contributed by atoms with E-state index in [9.17, 15) is 9.90 Å². The van der Waals surface area contributed by atoms with E-state index in [2.05, 4.69) is 26.5 Å². The normalized spacial score (nSPS) is 20.0. The molecule has 34 heavy (non-hydrogen) atoms. The van der Waals surface area contributed by atoms with E-state index in [0.29, 0.717) is 29.3 Å². The molecule has 3 rings (SSSR count). The second kappa shape index (κ2) is 11.1. The van der Waals surface area contributed by atoms with Gasteiger partial charge in [-0.1, -0.05) is 66.0 Å². The van der Waals surface area contributed by atoms with Gasteiger partial charge in [0.1, 0.15) is 0 Å². The molecule has 0 fully saturated rings. The standard InChI is InChI=1S/C29H35Cl2NO2/c1-6-9-25-19(3)26(21-10-8-11-23(31)18-21)27(20-12-14-22(30)15-13-20)32(28(25)33)24(7-2)16-17-29(4,5)34/h6,8,10-15,18,24,26-27,34H,1,7,9,16-17H2,2-5H3/t24-,26+,27+/m0/s1. The monoisotopic (exact) mass is 499 g/mol. The van der Waals surface area contributed by atoms with Crippen molar-refractivity contribution in [2.24, 2.45) is 0 Å². The first kappa shape index (κ1) is 26.5. The summed E-state index contributed by atoms with van der Waals surface area (Å²) in [4.78, 5) is 16.1. The van der Waals surface area contributed by atoms with E-state index < -0.39 is 5.60 Å². The average molecular weight is 501 g/mol. The van der Waals surface area contributed by atoms with Crippen LogP contribution in [0.2, 0.25) is 10.0 Å². The molecule has 1 N–H and O–H groups in total. The summed E-state index contributed by atoms with van der Waals surface area (Å²) in [5.74, 6) is -0.0260. The lowest BCUT2D eigenvalue weighted by atomic mass is 9.74. The summed E-state index contributed by atoms with van der Waals surface area (Å²) >= 11 is 12.6. The Morgan fingerprint density at radius 2 is 1.79 bits per heavy atom. The van der Waals surface area contributed by atoms with Crippen LogP contribution in [0, 0.1) is 0 Å². The Balaban J connectivity index is 2.24. The highest BCUT2D eigenvalue weighted by Crippen LogP contribution is 2.48. The Labute approximate surface area is 214 Å². The van der Waals surface area contributed by atoms with Crippen molar-refractivity contribution in [2.75, 3.05) is 0 Å². The highest BCUT2D eigenvalue weighted by molar-refractivity contribution is 6.30. The van der Waals surface area contributed by atoms with E-state index >= 15 is 0 Å². The van der Waals surface area contributed by atoms with E-state index in [-0.39, 0.29) is 23.9 Å². The largest absolute Gasteiger partial charge is 0.390 e. The summed E-state index contributed by atoms with van der Waals surface area (Å²) in [5, 5.41) is 11.8. The molecule has 0 spiro atoms. The van der Waals surface area contributed by atoms with Crippen LogP contribution in [0.1, 0.15) is 76.5 Å². The number of carbonyl (C=O) groups excluding carboxylic acids is 1. The summed E-state index contributed by atoms with van der Waals surface area (Å²) in [6, 6.07) is 15.4. The van der Waals surface area contributed by atoms with Crippen molar-refractivity contribution in [3.63, 3.8) is 0 Å². The Kier molecular flexibility index (Phi) is 8.67. The number of aliphatic hydroxyl groups is 1. The molecule has 1 heterocycles. The zero-order valence-corrected chi connectivity index (χ0v) is 22.0. The van der Waals surface area contributed by atoms with E-state index in [1.807, 2.05) is 61.2 Å². The number of allylic oxidation sites excluding steroid dienone is 1. The van der Waals surface area contributed by atoms with Crippen molar-refractivity contribution in [3.05, 3.63) is 93.5 Å². The Morgan fingerprint density at radius 1 is 1.12 bits per heavy atom. The molecule has 2 aromatic carbocycles. The van der Waals surface area contributed by atoms with Crippen molar-refractivity contribution in [3.8, 4) is 0 Å². The Hall–Kier alpha value is -2.07. The molecule has 1 aliphatic heterocycles. The predicted octanol–water partition coefficient (Wildman–Crippen LogP) is 7.88. The van der Waals surface area contributed by atoms with Gasteiger partial charge in [-0.05, 0) is 81.8 Å². The number of halogens is 2. The van der Waals surface area contributed by atoms with E-state index in [1.165, 1.54) is 0 Å². The van der Waals surface area contributed by atoms with Crippen LogP contribution < -0.4 is 0 Å². The molecule has 3 atom stereocenters. The summed E-state index contributed by atoms with van der Waals surface area (Å²) < 4.78 is 0. The van der Waals surface area contributed by atoms with Crippen LogP contribution in [0.5, 0.6) is 0 Å². The molecule has 1 amide bonds. The fourth-order valence-electron chi connectivity index (χ4n) is 5.03. The zero-order valence-electron chi connectivity index (χ0n) is 20.5. The van der Waals surface area contributed by atoms with Gasteiger partial charge in [0.25, 0.3) is 5.91 Å². The third-order valence-electron chi connectivity index (χ3n) is 6.77. The van der Waals surface area contributed by atoms with E-state index in [0.717, 1.165) is 28.7 Å². The van der Waals surface area contributed by atoms with Crippen molar-refractivity contribution in [1.82, 2.24) is 4.90 Å². The highest BCUT2D eigenvalue weighted by Gasteiger charge is 2.43. The van der Waals surface area contributed by atoms with Crippen LogP contribution in [0.4, 0.5) is 0 Å². The number of hydrogen-bond donors (Lipinski definition) is 1. The van der Waals surface area contributed by atoms with Gasteiger partial charge < -0.3 is 10.0 Å². The number of benzene rings is 2. The van der Waals surface area contributed by atoms with Crippen LogP contribution in [-0.4, -0.2) is 27.6 Å². The highest BCUT2D eigenvalue weighted by atomic mass is 35.5. The first-order chi connectivity index (χ1) is 16.1. The minimum atomic E-state index is -0.802. The van der Waals surface area contributed by atoms with E-state index in [1.54, 1.807) is 6.08 Å². The number of nitrogens with zero attached hydrogens (tertiary/aromatic N) is 1. The van der Waals surface area contributed by atoms with Crippen LogP contribution >= 0.6 is 23.2 Å². The van der Waals surface area contributed by atoms with Gasteiger partial charge in [-0.2, -0.15) is 0 Å². The molecule has 0 bridgehead atoms. The fourth-order valence-corrected chi connectivity index (χ4v) is 5.35. The van der Waals surface area contributed by atoms with Crippen molar-refractivity contribution in [2.45, 2.75) is 77.0 Å². The quantitative estimate of drug-likeness (QED) is 0.356. The summed E-state index contributed by atoms with van der Waals surface area (Å²) in [5.41, 5.74) is 3.12. The maximum atomic E-state index is 14.1. The van der Waals surface area contributed by atoms with Gasteiger partial charge in [-0.3, -0.25) is 4.79 Å². The summed E-state index contributed by atoms with van der Waals surface area (Å²) in [7, 11) is 0. The smallest absolute Gasteiger partial charge is 0.250 e. The maximum absolute atomic E-state index is 14.1. The lowest BCUT2D eigenvalue weighted by Crippen LogP contribution is -2.49. The first-order valence-corrected chi connectivity index (χ1v) is 12.7. The summed E-state index contributed by atoms with van der Waals surface area (Å²) in [6.07, 6.45) is 4.40. The maximum Gasteiger partial charge on any atom is 0.250 e. The average Bonchev–Trinajstić information content (AvgIpc) is 2.78. The predicted molar refractivity (Wildman–Crippen MR) is 142 cm³/mol. The zero-order chi connectivity index (χ0) is 25.0. The van der Waals surface area contributed by atoms with Crippen molar-refractivity contribution < 1.29 is 9.90 Å². The molecule has 5 heteroatoms. The molecule has 0 unspecified atom stereocenters. The molecule has 3 nitrogen and oxygen atoms in total. The van der Waals surface area contributed by atoms with Crippen LogP contribution in [0.15, 0.2) is 72.3 Å². The molecular formula is C29H35Cl2NO2. The summed E-state index contributed by atoms with van der Waals surface area (Å²) in [6.45, 7) is 11.7. The molecule has 1 aliphatic rings. The topological polar surface area (TPSA) is 40.5 Å². The number of carbonyl (C=O) groups is 1. The molecule has 2 aromatic rings. The molecule has 0 saturated heterocycles. The van der Waals surface area contributed by atoms with Gasteiger partial charge in [0.05, 0.1) is 11.6 Å². The molecule has 0 saturated carbocycles.